The third kappa shape index (κ3) is 2.99. The number of aryl methyl sites for hydroxylation is 1. The summed E-state index contributed by atoms with van der Waals surface area (Å²) in [5.74, 6) is 1.67. The van der Waals surface area contributed by atoms with E-state index in [2.05, 4.69) is 45.7 Å². The van der Waals surface area contributed by atoms with Crippen LogP contribution in [0.2, 0.25) is 0 Å². The van der Waals surface area contributed by atoms with Crippen molar-refractivity contribution in [2.24, 2.45) is 11.7 Å². The lowest BCUT2D eigenvalue weighted by atomic mass is 9.92. The number of halogens is 1. The normalized spacial score (nSPS) is 22.6. The smallest absolute Gasteiger partial charge is 0.128 e. The Labute approximate surface area is 112 Å². The fraction of sp³-hybridized carbons (Fsp3) is 0.615. The highest BCUT2D eigenvalue weighted by molar-refractivity contribution is 9.10. The number of nitrogens with zero attached hydrogens (tertiary/aromatic N) is 2. The van der Waals surface area contributed by atoms with Gasteiger partial charge in [0.1, 0.15) is 5.82 Å². The van der Waals surface area contributed by atoms with Crippen LogP contribution in [0.3, 0.4) is 0 Å². The number of nitrogens with two attached hydrogens (primary N) is 1. The zero-order valence-corrected chi connectivity index (χ0v) is 12.1. The van der Waals surface area contributed by atoms with E-state index in [0.29, 0.717) is 5.92 Å². The van der Waals surface area contributed by atoms with Gasteiger partial charge in [-0.3, -0.25) is 0 Å². The largest absolute Gasteiger partial charge is 0.356 e. The van der Waals surface area contributed by atoms with E-state index in [4.69, 9.17) is 5.73 Å². The van der Waals surface area contributed by atoms with Gasteiger partial charge in [0.25, 0.3) is 0 Å². The molecular weight excluding hydrogens is 278 g/mol. The molecule has 0 radical (unpaired) electrons. The molecule has 1 aromatic rings. The Hall–Kier alpha value is -0.610. The molecule has 1 saturated heterocycles. The lowest BCUT2D eigenvalue weighted by molar-refractivity contribution is 0.363. The van der Waals surface area contributed by atoms with Gasteiger partial charge in [0.15, 0.2) is 0 Å². The van der Waals surface area contributed by atoms with E-state index in [0.717, 1.165) is 23.4 Å². The summed E-state index contributed by atoms with van der Waals surface area (Å²) in [7, 11) is 0. The average Bonchev–Trinajstić information content (AvgIpc) is 2.33. The van der Waals surface area contributed by atoms with E-state index < -0.39 is 0 Å². The molecule has 0 aliphatic carbocycles. The van der Waals surface area contributed by atoms with Crippen LogP contribution in [0.5, 0.6) is 0 Å². The molecule has 0 amide bonds. The molecule has 1 aromatic heterocycles. The van der Waals surface area contributed by atoms with Crippen LogP contribution in [-0.4, -0.2) is 24.1 Å². The van der Waals surface area contributed by atoms with Crippen molar-refractivity contribution in [3.05, 3.63) is 22.3 Å². The van der Waals surface area contributed by atoms with Crippen LogP contribution >= 0.6 is 15.9 Å². The van der Waals surface area contributed by atoms with Crippen molar-refractivity contribution in [1.82, 2.24) is 4.98 Å². The first-order chi connectivity index (χ1) is 8.08. The summed E-state index contributed by atoms with van der Waals surface area (Å²) in [5, 5.41) is 0. The first-order valence-corrected chi connectivity index (χ1v) is 7.00. The molecule has 3 nitrogen and oxygen atoms in total. The molecule has 0 spiro atoms. The highest BCUT2D eigenvalue weighted by Gasteiger charge is 2.23. The Morgan fingerprint density at radius 2 is 2.35 bits per heavy atom. The molecule has 17 heavy (non-hydrogen) atoms. The maximum atomic E-state index is 6.01. The summed E-state index contributed by atoms with van der Waals surface area (Å²) in [6, 6.07) is 2.42. The van der Waals surface area contributed by atoms with Crippen molar-refractivity contribution in [2.75, 3.05) is 18.0 Å². The van der Waals surface area contributed by atoms with Crippen molar-refractivity contribution in [1.29, 1.82) is 0 Å². The topological polar surface area (TPSA) is 42.1 Å². The standard InChI is InChI=1S/C13H20BrN3/c1-9-6-13(16-7-12(9)14)17-5-3-4-11(8-17)10(2)15/h6-7,10-11H,3-5,8,15H2,1-2H3. The fourth-order valence-corrected chi connectivity index (χ4v) is 2.56. The number of pyridine rings is 1. The van der Waals surface area contributed by atoms with E-state index in [1.807, 2.05) is 6.20 Å². The molecule has 2 rings (SSSR count). The van der Waals surface area contributed by atoms with Crippen LogP contribution in [0.25, 0.3) is 0 Å². The van der Waals surface area contributed by atoms with Gasteiger partial charge in [0.05, 0.1) is 0 Å². The summed E-state index contributed by atoms with van der Waals surface area (Å²) in [4.78, 5) is 6.85. The van der Waals surface area contributed by atoms with Crippen molar-refractivity contribution in [3.63, 3.8) is 0 Å². The van der Waals surface area contributed by atoms with Gasteiger partial charge in [-0.25, -0.2) is 4.98 Å². The van der Waals surface area contributed by atoms with Gasteiger partial charge < -0.3 is 10.6 Å². The van der Waals surface area contributed by atoms with E-state index in [1.54, 1.807) is 0 Å². The molecule has 0 saturated carbocycles. The molecule has 1 aliphatic heterocycles. The molecule has 1 fully saturated rings. The van der Waals surface area contributed by atoms with Gasteiger partial charge in [-0.1, -0.05) is 0 Å². The van der Waals surface area contributed by atoms with Crippen LogP contribution in [-0.2, 0) is 0 Å². The average molecular weight is 298 g/mol. The van der Waals surface area contributed by atoms with Gasteiger partial charge >= 0.3 is 0 Å². The minimum absolute atomic E-state index is 0.273. The number of hydrogen-bond donors (Lipinski definition) is 1. The van der Waals surface area contributed by atoms with Gasteiger partial charge in [0, 0.05) is 29.8 Å². The van der Waals surface area contributed by atoms with E-state index in [9.17, 15) is 0 Å². The Morgan fingerprint density at radius 1 is 1.59 bits per heavy atom. The predicted molar refractivity (Wildman–Crippen MR) is 75.3 cm³/mol. The maximum Gasteiger partial charge on any atom is 0.128 e. The molecule has 2 atom stereocenters. The fourth-order valence-electron chi connectivity index (χ4n) is 2.34. The van der Waals surface area contributed by atoms with E-state index in [-0.39, 0.29) is 6.04 Å². The lowest BCUT2D eigenvalue weighted by Gasteiger charge is -2.35. The van der Waals surface area contributed by atoms with Gasteiger partial charge in [0.2, 0.25) is 0 Å². The van der Waals surface area contributed by atoms with E-state index in [1.165, 1.54) is 18.4 Å². The Bertz CT molecular complexity index is 392. The maximum absolute atomic E-state index is 6.01. The predicted octanol–water partition coefficient (Wildman–Crippen LogP) is 2.72. The quantitative estimate of drug-likeness (QED) is 0.913. The SMILES string of the molecule is Cc1cc(N2CCCC(C(C)N)C2)ncc1Br. The second kappa shape index (κ2) is 5.36. The zero-order valence-electron chi connectivity index (χ0n) is 10.5. The monoisotopic (exact) mass is 297 g/mol. The summed E-state index contributed by atoms with van der Waals surface area (Å²) in [6.45, 7) is 6.33. The van der Waals surface area contributed by atoms with Crippen LogP contribution in [0.1, 0.15) is 25.3 Å². The highest BCUT2D eigenvalue weighted by atomic mass is 79.9. The Balaban J connectivity index is 2.13. The minimum Gasteiger partial charge on any atom is -0.356 e. The number of anilines is 1. The molecule has 1 aliphatic rings. The molecule has 2 heterocycles. The van der Waals surface area contributed by atoms with Crippen molar-refractivity contribution < 1.29 is 0 Å². The second-order valence-electron chi connectivity index (χ2n) is 5.00. The number of rotatable bonds is 2. The van der Waals surface area contributed by atoms with Crippen LogP contribution in [0.15, 0.2) is 16.7 Å². The number of aromatic nitrogens is 1. The van der Waals surface area contributed by atoms with Crippen LogP contribution in [0.4, 0.5) is 5.82 Å². The summed E-state index contributed by atoms with van der Waals surface area (Å²) < 4.78 is 1.07. The summed E-state index contributed by atoms with van der Waals surface area (Å²) in [5.41, 5.74) is 7.24. The summed E-state index contributed by atoms with van der Waals surface area (Å²) >= 11 is 3.49. The number of hydrogen-bond acceptors (Lipinski definition) is 3. The zero-order chi connectivity index (χ0) is 12.4. The first kappa shape index (κ1) is 12.8. The summed E-state index contributed by atoms with van der Waals surface area (Å²) in [6.07, 6.45) is 4.34. The van der Waals surface area contributed by atoms with Gasteiger partial charge in [-0.15, -0.1) is 0 Å². The first-order valence-electron chi connectivity index (χ1n) is 6.20. The Kier molecular flexibility index (Phi) is 4.05. The minimum atomic E-state index is 0.273. The molecule has 94 valence electrons. The third-order valence-electron chi connectivity index (χ3n) is 3.56. The third-order valence-corrected chi connectivity index (χ3v) is 4.39. The molecule has 0 bridgehead atoms. The van der Waals surface area contributed by atoms with Crippen LogP contribution in [0, 0.1) is 12.8 Å². The van der Waals surface area contributed by atoms with Gasteiger partial charge in [-0.2, -0.15) is 0 Å². The second-order valence-corrected chi connectivity index (χ2v) is 5.85. The molecule has 4 heteroatoms. The molecule has 2 N–H and O–H groups in total. The van der Waals surface area contributed by atoms with Crippen molar-refractivity contribution in [2.45, 2.75) is 32.7 Å². The van der Waals surface area contributed by atoms with Crippen LogP contribution < -0.4 is 10.6 Å². The molecule has 2 unspecified atom stereocenters. The molecular formula is C13H20BrN3. The lowest BCUT2D eigenvalue weighted by Crippen LogP contribution is -2.42. The highest BCUT2D eigenvalue weighted by Crippen LogP contribution is 2.25. The molecule has 0 aromatic carbocycles. The Morgan fingerprint density at radius 3 is 3.00 bits per heavy atom. The van der Waals surface area contributed by atoms with E-state index >= 15 is 0 Å². The van der Waals surface area contributed by atoms with Crippen molar-refractivity contribution in [3.8, 4) is 0 Å². The van der Waals surface area contributed by atoms with Gasteiger partial charge in [-0.05, 0) is 60.2 Å². The van der Waals surface area contributed by atoms with Crippen molar-refractivity contribution >= 4 is 21.7 Å². The number of piperidine rings is 1.